The van der Waals surface area contributed by atoms with Crippen LogP contribution < -0.4 is 10.1 Å². The lowest BCUT2D eigenvalue weighted by atomic mass is 10.1. The van der Waals surface area contributed by atoms with Crippen LogP contribution in [0.25, 0.3) is 11.3 Å². The van der Waals surface area contributed by atoms with Crippen molar-refractivity contribution in [2.24, 2.45) is 0 Å². The normalized spacial score (nSPS) is 9.88. The summed E-state index contributed by atoms with van der Waals surface area (Å²) in [4.78, 5) is 4.67. The molecular formula is C20H26N2OS. The van der Waals surface area contributed by atoms with E-state index in [1.54, 1.807) is 18.4 Å². The molecule has 0 unspecified atom stereocenters. The first-order chi connectivity index (χ1) is 11.7. The molecule has 0 saturated heterocycles. The van der Waals surface area contributed by atoms with Crippen LogP contribution in [0.4, 0.5) is 10.8 Å². The average Bonchev–Trinajstić information content (AvgIpc) is 3.08. The van der Waals surface area contributed by atoms with E-state index in [0.29, 0.717) is 0 Å². The number of hydrogen-bond acceptors (Lipinski definition) is 4. The van der Waals surface area contributed by atoms with Gasteiger partial charge in [-0.2, -0.15) is 0 Å². The number of nitrogens with one attached hydrogen (secondary N) is 1. The number of nitrogens with zero attached hydrogens (tertiary/aromatic N) is 1. The van der Waals surface area contributed by atoms with Crippen molar-refractivity contribution in [3.63, 3.8) is 0 Å². The van der Waals surface area contributed by atoms with E-state index in [1.165, 1.54) is 5.56 Å². The van der Waals surface area contributed by atoms with Gasteiger partial charge in [-0.3, -0.25) is 0 Å². The summed E-state index contributed by atoms with van der Waals surface area (Å²) < 4.78 is 5.28. The molecule has 1 N–H and O–H groups in total. The van der Waals surface area contributed by atoms with E-state index in [4.69, 9.17) is 4.74 Å². The fraction of sp³-hybridized carbons (Fsp3) is 0.250. The Morgan fingerprint density at radius 3 is 2.42 bits per heavy atom. The summed E-state index contributed by atoms with van der Waals surface area (Å²) >= 11 is 1.60. The van der Waals surface area contributed by atoms with Crippen molar-refractivity contribution in [1.29, 1.82) is 0 Å². The predicted molar refractivity (Wildman–Crippen MR) is 107 cm³/mol. The van der Waals surface area contributed by atoms with Crippen LogP contribution in [0.3, 0.4) is 0 Å². The zero-order valence-electron chi connectivity index (χ0n) is 14.9. The van der Waals surface area contributed by atoms with Crippen LogP contribution >= 0.6 is 11.3 Å². The maximum atomic E-state index is 5.28. The zero-order valence-corrected chi connectivity index (χ0v) is 15.7. The second-order valence-electron chi connectivity index (χ2n) is 5.21. The molecule has 0 aliphatic carbocycles. The van der Waals surface area contributed by atoms with Gasteiger partial charge in [0.25, 0.3) is 0 Å². The quantitative estimate of drug-likeness (QED) is 0.591. The van der Waals surface area contributed by atoms with E-state index in [-0.39, 0.29) is 1.43 Å². The Balaban J connectivity index is 0.00000101. The van der Waals surface area contributed by atoms with E-state index in [9.17, 15) is 0 Å². The molecule has 0 fully saturated rings. The number of ether oxygens (including phenoxy) is 1. The molecule has 3 nitrogen and oxygen atoms in total. The first-order valence-corrected chi connectivity index (χ1v) is 8.98. The standard InChI is InChI=1S/C18H18N2OS.C2H6.H2/c1-12-4-7-14(8-5-12)17-11-22-18(20-17)19-16-10-15(21-3)9-6-13(16)2;1-2;/h4-11H,1-3H3,(H,19,20);1-2H3;1H. The summed E-state index contributed by atoms with van der Waals surface area (Å²) in [5.74, 6) is 0.836. The zero-order chi connectivity index (χ0) is 17.5. The lowest BCUT2D eigenvalue weighted by Crippen LogP contribution is -1.94. The van der Waals surface area contributed by atoms with E-state index >= 15 is 0 Å². The molecule has 3 rings (SSSR count). The molecule has 1 aromatic heterocycles. The molecule has 128 valence electrons. The highest BCUT2D eigenvalue weighted by Crippen LogP contribution is 2.30. The molecule has 0 spiro atoms. The van der Waals surface area contributed by atoms with E-state index < -0.39 is 0 Å². The van der Waals surface area contributed by atoms with Crippen molar-refractivity contribution in [2.75, 3.05) is 12.4 Å². The van der Waals surface area contributed by atoms with E-state index in [0.717, 1.165) is 33.4 Å². The van der Waals surface area contributed by atoms with E-state index in [1.807, 2.05) is 32.0 Å². The Bertz CT molecular complexity index is 785. The predicted octanol–water partition coefficient (Wildman–Crippen LogP) is 6.45. The largest absolute Gasteiger partial charge is 0.497 e. The highest BCUT2D eigenvalue weighted by atomic mass is 32.1. The van der Waals surface area contributed by atoms with Crippen LogP contribution in [0.5, 0.6) is 5.75 Å². The highest BCUT2D eigenvalue weighted by molar-refractivity contribution is 7.14. The van der Waals surface area contributed by atoms with Crippen molar-refractivity contribution < 1.29 is 6.16 Å². The molecule has 24 heavy (non-hydrogen) atoms. The summed E-state index contributed by atoms with van der Waals surface area (Å²) in [6.07, 6.45) is 0. The second-order valence-corrected chi connectivity index (χ2v) is 6.07. The molecule has 0 bridgehead atoms. The van der Waals surface area contributed by atoms with Crippen LogP contribution in [-0.4, -0.2) is 12.1 Å². The van der Waals surface area contributed by atoms with Crippen molar-refractivity contribution in [3.05, 3.63) is 59.0 Å². The first-order valence-electron chi connectivity index (χ1n) is 8.10. The third-order valence-corrected chi connectivity index (χ3v) is 4.30. The topological polar surface area (TPSA) is 34.1 Å². The number of hydrogen-bond donors (Lipinski definition) is 1. The minimum absolute atomic E-state index is 0. The van der Waals surface area contributed by atoms with Gasteiger partial charge in [-0.05, 0) is 25.5 Å². The van der Waals surface area contributed by atoms with Crippen LogP contribution in [0.1, 0.15) is 26.4 Å². The summed E-state index contributed by atoms with van der Waals surface area (Å²) in [6, 6.07) is 14.4. The van der Waals surface area contributed by atoms with Gasteiger partial charge < -0.3 is 10.1 Å². The number of thiazole rings is 1. The molecule has 0 aliphatic rings. The minimum Gasteiger partial charge on any atom is -0.497 e. The number of aryl methyl sites for hydroxylation is 2. The number of rotatable bonds is 4. The number of benzene rings is 2. The first kappa shape index (κ1) is 18.0. The summed E-state index contributed by atoms with van der Waals surface area (Å²) in [6.45, 7) is 8.15. The summed E-state index contributed by atoms with van der Waals surface area (Å²) in [7, 11) is 1.67. The van der Waals surface area contributed by atoms with Gasteiger partial charge >= 0.3 is 0 Å². The van der Waals surface area contributed by atoms with Gasteiger partial charge in [0, 0.05) is 24.1 Å². The molecule has 0 amide bonds. The average molecular weight is 343 g/mol. The third kappa shape index (κ3) is 4.36. The van der Waals surface area contributed by atoms with Gasteiger partial charge in [-0.25, -0.2) is 4.98 Å². The molecule has 1 heterocycles. The molecule has 2 aromatic carbocycles. The molecule has 0 radical (unpaired) electrons. The van der Waals surface area contributed by atoms with Crippen LogP contribution in [0.2, 0.25) is 0 Å². The Hall–Kier alpha value is -2.33. The lowest BCUT2D eigenvalue weighted by molar-refractivity contribution is 0.415. The molecule has 0 aliphatic heterocycles. The highest BCUT2D eigenvalue weighted by Gasteiger charge is 2.07. The monoisotopic (exact) mass is 342 g/mol. The molecule has 3 aromatic rings. The Morgan fingerprint density at radius 1 is 1.04 bits per heavy atom. The molecular weight excluding hydrogens is 316 g/mol. The number of anilines is 2. The van der Waals surface area contributed by atoms with Gasteiger partial charge in [-0.1, -0.05) is 49.7 Å². The number of methoxy groups -OCH3 is 1. The maximum absolute atomic E-state index is 5.28. The summed E-state index contributed by atoms with van der Waals surface area (Å²) in [5.41, 5.74) is 5.56. The van der Waals surface area contributed by atoms with Crippen molar-refractivity contribution >= 4 is 22.2 Å². The Morgan fingerprint density at radius 2 is 1.75 bits per heavy atom. The van der Waals surface area contributed by atoms with Crippen molar-refractivity contribution in [2.45, 2.75) is 27.7 Å². The lowest BCUT2D eigenvalue weighted by Gasteiger charge is -2.08. The van der Waals surface area contributed by atoms with Gasteiger partial charge in [0.05, 0.1) is 12.8 Å². The van der Waals surface area contributed by atoms with Gasteiger partial charge in [0.1, 0.15) is 5.75 Å². The maximum Gasteiger partial charge on any atom is 0.187 e. The smallest absolute Gasteiger partial charge is 0.187 e. The minimum atomic E-state index is 0. The van der Waals surface area contributed by atoms with Crippen molar-refractivity contribution in [1.82, 2.24) is 4.98 Å². The SMILES string of the molecule is CC.COc1ccc(C)c(Nc2nc(-c3ccc(C)cc3)cs2)c1.[HH]. The molecule has 0 saturated carbocycles. The molecule has 4 heteroatoms. The molecule has 0 atom stereocenters. The summed E-state index contributed by atoms with van der Waals surface area (Å²) in [5, 5.41) is 6.33. The van der Waals surface area contributed by atoms with Crippen LogP contribution in [0, 0.1) is 13.8 Å². The van der Waals surface area contributed by atoms with Crippen LogP contribution in [-0.2, 0) is 0 Å². The number of aromatic nitrogens is 1. The van der Waals surface area contributed by atoms with E-state index in [2.05, 4.69) is 53.8 Å². The van der Waals surface area contributed by atoms with Gasteiger partial charge in [0.2, 0.25) is 0 Å². The van der Waals surface area contributed by atoms with Crippen molar-refractivity contribution in [3.8, 4) is 17.0 Å². The Kier molecular flexibility index (Phi) is 6.38. The second kappa shape index (κ2) is 8.50. The third-order valence-electron chi connectivity index (χ3n) is 3.54. The van der Waals surface area contributed by atoms with Crippen LogP contribution in [0.15, 0.2) is 47.8 Å². The Labute approximate surface area is 149 Å². The fourth-order valence-corrected chi connectivity index (χ4v) is 2.90. The fourth-order valence-electron chi connectivity index (χ4n) is 2.17. The van der Waals surface area contributed by atoms with Gasteiger partial charge in [-0.15, -0.1) is 11.3 Å². The van der Waals surface area contributed by atoms with Gasteiger partial charge in [0.15, 0.2) is 5.13 Å².